The first-order chi connectivity index (χ1) is 7.40. The molecule has 10 aliphatic rings. The van der Waals surface area contributed by atoms with E-state index in [1.54, 1.807) is 0 Å². The predicted molar refractivity (Wildman–Crippen MR) is 56.3 cm³/mol. The third-order valence-corrected chi connectivity index (χ3v) is 57.7. The molecule has 10 heterocycles. The van der Waals surface area contributed by atoms with Crippen LogP contribution in [0.1, 0.15) is 6.92 Å². The molecule has 84 valence electrons. The Bertz CT molecular complexity index is 935. The summed E-state index contributed by atoms with van der Waals surface area (Å²) in [6.07, 6.45) is 0. The average molecular weight is 254 g/mol. The number of ketones is 1. The molecule has 0 bridgehead atoms. The quantitative estimate of drug-likeness (QED) is 0.539. The number of hydrogen-bond donors (Lipinski definition) is 0. The summed E-state index contributed by atoms with van der Waals surface area (Å²) in [5, 5.41) is 0. The summed E-state index contributed by atoms with van der Waals surface area (Å²) in [6, 6.07) is 0. The van der Waals surface area contributed by atoms with Crippen LogP contribution in [0.4, 0.5) is 0 Å². The van der Waals surface area contributed by atoms with Crippen LogP contribution in [0, 0.1) is 0 Å². The van der Waals surface area contributed by atoms with Crippen molar-refractivity contribution in [1.29, 1.82) is 0 Å². The Morgan fingerprint density at radius 3 is 1.62 bits per heavy atom. The van der Waals surface area contributed by atoms with Crippen molar-refractivity contribution in [3.8, 4) is 0 Å². The molecule has 2 heteroatoms. The van der Waals surface area contributed by atoms with E-state index in [1.165, 1.54) is 33.7 Å². The van der Waals surface area contributed by atoms with Gasteiger partial charge in [-0.15, -0.1) is 0 Å². The van der Waals surface area contributed by atoms with Gasteiger partial charge in [0.2, 0.25) is 0 Å². The van der Waals surface area contributed by atoms with Crippen LogP contribution in [0.3, 0.4) is 0 Å². The molecule has 0 N–H and O–H groups in total. The van der Waals surface area contributed by atoms with Crippen molar-refractivity contribution < 1.29 is 11.3 Å². The molecule has 10 saturated heterocycles. The summed E-state index contributed by atoms with van der Waals surface area (Å²) in [5.41, 5.74) is 0.924. The third-order valence-electron chi connectivity index (χ3n) is 15.4. The van der Waals surface area contributed by atoms with Crippen molar-refractivity contribution in [2.24, 2.45) is 0 Å². The molecule has 0 aromatic heterocycles. The summed E-state index contributed by atoms with van der Waals surface area (Å²) in [4.78, 5) is 24.0. The molecular formula is C14H14FeO. The number of carbonyl (C=O) groups excluding carboxylic acids is 1. The van der Waals surface area contributed by atoms with Crippen molar-refractivity contribution in [1.82, 2.24) is 0 Å². The summed E-state index contributed by atoms with van der Waals surface area (Å²) in [6.45, 7) is 2.92. The molecule has 16 heavy (non-hydrogen) atoms. The molecule has 0 aromatic carbocycles. The summed E-state index contributed by atoms with van der Waals surface area (Å²) in [7, 11) is 0. The van der Waals surface area contributed by atoms with Crippen LogP contribution in [0.2, 0.25) is 47.7 Å². The first kappa shape index (κ1) is 5.71. The van der Waals surface area contributed by atoms with Crippen LogP contribution in [0.25, 0.3) is 0 Å². The second-order valence-electron chi connectivity index (χ2n) is 10.8. The van der Waals surface area contributed by atoms with E-state index in [4.69, 9.17) is 0 Å². The molecule has 1 spiro atoms. The zero-order valence-electron chi connectivity index (χ0n) is 9.17. The fourth-order valence-corrected chi connectivity index (χ4v) is 91.0. The molecule has 4 unspecified atom stereocenters. The Morgan fingerprint density at radius 1 is 1.00 bits per heavy atom. The Hall–Kier alpha value is -0.0705. The number of Topliss-reactive ketones (excluding diaryl/α,β-unsaturated/α-hetero) is 1. The Labute approximate surface area is 83.9 Å². The Kier molecular flexibility index (Phi) is 0.147. The number of carbonyl (C=O) groups is 1. The topological polar surface area (TPSA) is 17.1 Å². The van der Waals surface area contributed by atoms with Crippen molar-refractivity contribution >= 4 is 5.78 Å². The van der Waals surface area contributed by atoms with E-state index in [9.17, 15) is 4.79 Å². The minimum atomic E-state index is -3.09. The zero-order chi connectivity index (χ0) is 10.2. The van der Waals surface area contributed by atoms with E-state index in [-0.39, 0.29) is 0 Å². The van der Waals surface area contributed by atoms with E-state index in [0.717, 1.165) is 15.2 Å². The fourth-order valence-electron chi connectivity index (χ4n) is 17.1. The summed E-state index contributed by atoms with van der Waals surface area (Å²) < 4.78 is 0.435. The van der Waals surface area contributed by atoms with Gasteiger partial charge >= 0.3 is 83.8 Å². The van der Waals surface area contributed by atoms with Gasteiger partial charge in [-0.2, -0.15) is 0 Å². The first-order valence-corrected chi connectivity index (χ1v) is 13.1. The van der Waals surface area contributed by atoms with Gasteiger partial charge in [0.1, 0.15) is 0 Å². The van der Waals surface area contributed by atoms with Gasteiger partial charge in [0.25, 0.3) is 0 Å². The number of allylic oxidation sites excluding steroid dienone is 1. The first-order valence-electron chi connectivity index (χ1n) is 6.82. The molecule has 0 radical (unpaired) electrons. The van der Waals surface area contributed by atoms with Crippen LogP contribution in [0.5, 0.6) is 0 Å². The van der Waals surface area contributed by atoms with E-state index in [0.29, 0.717) is 10.1 Å². The van der Waals surface area contributed by atoms with Crippen LogP contribution < -0.4 is 0 Å². The van der Waals surface area contributed by atoms with E-state index >= 15 is 0 Å². The van der Waals surface area contributed by atoms with Crippen LogP contribution >= 0.6 is 0 Å². The van der Waals surface area contributed by atoms with Crippen molar-refractivity contribution in [2.45, 2.75) is 54.6 Å². The second-order valence-corrected chi connectivity index (χ2v) is 34.3. The van der Waals surface area contributed by atoms with Gasteiger partial charge in [-0.25, -0.2) is 0 Å². The molecule has 4 atom stereocenters. The molecule has 10 fully saturated rings. The standard InChI is InChI=1S/C9H9O.C5H5.Fe/c1-7(2)9(10)8-5-3-4-6-8;1-2-4-5-3-1;/h3-6H,1H2,2H3;1-5H;. The van der Waals surface area contributed by atoms with Gasteiger partial charge in [0, 0.05) is 0 Å². The SMILES string of the molecule is C=C(C)C(=O)[C]12[CH]3[CH]4[CH]5[CH]1[Fe]45321678[CH]2[CH]1[CH]6[CH]7[CH]28. The van der Waals surface area contributed by atoms with Gasteiger partial charge in [0.05, 0.1) is 0 Å². The molecule has 0 aromatic rings. The normalized spacial score (nSPS) is 125. The van der Waals surface area contributed by atoms with E-state index < -0.39 is 6.51 Å². The van der Waals surface area contributed by atoms with Crippen LogP contribution in [-0.4, -0.2) is 5.78 Å². The van der Waals surface area contributed by atoms with Gasteiger partial charge in [-0.3, -0.25) is 0 Å². The number of fused-ring (bicyclic) bond motifs is 10. The molecule has 0 saturated carbocycles. The van der Waals surface area contributed by atoms with Crippen LogP contribution in [-0.2, 0) is 11.3 Å². The molecule has 1 nitrogen and oxygen atoms in total. The second kappa shape index (κ2) is 0.411. The molecular weight excluding hydrogens is 240 g/mol. The van der Waals surface area contributed by atoms with E-state index in [1.807, 2.05) is 6.92 Å². The maximum atomic E-state index is 12.8. The molecule has 10 aliphatic heterocycles. The van der Waals surface area contributed by atoms with Crippen molar-refractivity contribution in [2.75, 3.05) is 0 Å². The van der Waals surface area contributed by atoms with Gasteiger partial charge < -0.3 is 0 Å². The summed E-state index contributed by atoms with van der Waals surface area (Å²) >= 11 is 0. The third kappa shape index (κ3) is 0.0469. The van der Waals surface area contributed by atoms with Gasteiger partial charge in [-0.1, -0.05) is 0 Å². The van der Waals surface area contributed by atoms with Gasteiger partial charge in [0.15, 0.2) is 0 Å². The number of hydrogen-bond acceptors (Lipinski definition) is 1. The predicted octanol–water partition coefficient (Wildman–Crippen LogP) is 3.89. The number of rotatable bonds is 2. The summed E-state index contributed by atoms with van der Waals surface area (Å²) in [5.74, 6) is 0.624. The monoisotopic (exact) mass is 254 g/mol. The average Bonchev–Trinajstić information content (AvgIpc) is 3.20. The maximum absolute atomic E-state index is 12.8. The molecule has 10 rings (SSSR count). The minimum absolute atomic E-state index is 0.435. The Balaban J connectivity index is 1.72. The fraction of sp³-hybridized carbons (Fsp3) is 0.786. The van der Waals surface area contributed by atoms with E-state index in [2.05, 4.69) is 6.58 Å². The zero-order valence-corrected chi connectivity index (χ0v) is 10.3. The van der Waals surface area contributed by atoms with Crippen LogP contribution in [0.15, 0.2) is 12.2 Å². The Morgan fingerprint density at radius 2 is 1.44 bits per heavy atom. The van der Waals surface area contributed by atoms with Gasteiger partial charge in [-0.05, 0) is 0 Å². The van der Waals surface area contributed by atoms with Crippen molar-refractivity contribution in [3.63, 3.8) is 0 Å². The van der Waals surface area contributed by atoms with Crippen molar-refractivity contribution in [3.05, 3.63) is 12.2 Å². The molecule has 0 amide bonds. The molecule has 0 aliphatic carbocycles.